The number of rotatable bonds is 7. The fourth-order valence-corrected chi connectivity index (χ4v) is 4.22. The fraction of sp³-hybridized carbons (Fsp3) is 0.292. The molecule has 2 atom stereocenters. The van der Waals surface area contributed by atoms with Gasteiger partial charge in [0, 0.05) is 50.4 Å². The molecule has 1 aliphatic heterocycles. The number of aryl methyl sites for hydroxylation is 2. The fourth-order valence-electron chi connectivity index (χ4n) is 4.22. The molecule has 5 rings (SSSR count). The molecule has 8 nitrogen and oxygen atoms in total. The van der Waals surface area contributed by atoms with Crippen LogP contribution in [0.15, 0.2) is 67.4 Å². The lowest BCUT2D eigenvalue weighted by Crippen LogP contribution is -2.44. The third-order valence-corrected chi connectivity index (χ3v) is 5.86. The molecular formula is C24H28N8. The summed E-state index contributed by atoms with van der Waals surface area (Å²) in [6.45, 7) is 1.66. The van der Waals surface area contributed by atoms with Gasteiger partial charge in [-0.25, -0.2) is 4.98 Å². The second-order valence-corrected chi connectivity index (χ2v) is 8.27. The Kier molecular flexibility index (Phi) is 5.60. The minimum absolute atomic E-state index is 0.147. The van der Waals surface area contributed by atoms with Crippen LogP contribution in [0, 0.1) is 0 Å². The molecule has 0 spiro atoms. The van der Waals surface area contributed by atoms with Gasteiger partial charge in [0.25, 0.3) is 0 Å². The minimum Gasteiger partial charge on any atom is -0.380 e. The Hall–Kier alpha value is -3.65. The molecule has 3 N–H and O–H groups in total. The standard InChI is InChI=1S/C24H28N8/c1-31-15-17(11-28-31)8-9-25-23(18-6-4-3-5-7-18)22-14-26-21-10-19(12-27-24(21)30-22)20-13-29-32(2)16-20/h3-7,10-13,15-16,22-23,25-26H,8-9,14H2,1-2H3,(H,27,30)/t22-,23-/m1/s1. The van der Waals surface area contributed by atoms with Crippen molar-refractivity contribution in [2.24, 2.45) is 14.1 Å². The largest absolute Gasteiger partial charge is 0.380 e. The molecule has 0 amide bonds. The van der Waals surface area contributed by atoms with Crippen LogP contribution in [0.3, 0.4) is 0 Å². The third-order valence-electron chi connectivity index (χ3n) is 5.86. The molecule has 4 aromatic rings. The van der Waals surface area contributed by atoms with Crippen molar-refractivity contribution in [1.82, 2.24) is 29.9 Å². The zero-order valence-electron chi connectivity index (χ0n) is 18.4. The van der Waals surface area contributed by atoms with E-state index in [-0.39, 0.29) is 12.1 Å². The number of pyridine rings is 1. The highest BCUT2D eigenvalue weighted by Crippen LogP contribution is 2.32. The van der Waals surface area contributed by atoms with Gasteiger partial charge in [-0.05, 0) is 30.2 Å². The summed E-state index contributed by atoms with van der Waals surface area (Å²) < 4.78 is 3.65. The van der Waals surface area contributed by atoms with Gasteiger partial charge in [0.1, 0.15) is 5.82 Å². The SMILES string of the molecule is Cn1cc(CCN[C@H](c2ccccc2)[C@H]2CNc3cc(-c4cnn(C)c4)cnc3N2)cn1. The number of nitrogens with one attached hydrogen (secondary N) is 3. The van der Waals surface area contributed by atoms with Gasteiger partial charge in [0.2, 0.25) is 0 Å². The van der Waals surface area contributed by atoms with Crippen molar-refractivity contribution in [1.29, 1.82) is 0 Å². The second-order valence-electron chi connectivity index (χ2n) is 8.27. The average molecular weight is 429 g/mol. The topological polar surface area (TPSA) is 84.6 Å². The van der Waals surface area contributed by atoms with Gasteiger partial charge in [0.05, 0.1) is 30.2 Å². The first-order valence-corrected chi connectivity index (χ1v) is 10.9. The number of aromatic nitrogens is 5. The molecule has 3 aromatic heterocycles. The highest BCUT2D eigenvalue weighted by atomic mass is 15.2. The zero-order valence-corrected chi connectivity index (χ0v) is 18.4. The van der Waals surface area contributed by atoms with Gasteiger partial charge in [-0.2, -0.15) is 10.2 Å². The molecule has 0 fully saturated rings. The number of nitrogens with zero attached hydrogens (tertiary/aromatic N) is 5. The molecule has 0 saturated carbocycles. The molecule has 0 bridgehead atoms. The Balaban J connectivity index is 1.32. The first-order chi connectivity index (χ1) is 15.7. The summed E-state index contributed by atoms with van der Waals surface area (Å²) in [7, 11) is 3.87. The van der Waals surface area contributed by atoms with Gasteiger partial charge in [-0.15, -0.1) is 0 Å². The first kappa shape index (κ1) is 20.3. The Labute approximate surface area is 187 Å². The normalized spacial score (nSPS) is 16.1. The molecule has 4 heterocycles. The van der Waals surface area contributed by atoms with Crippen molar-refractivity contribution in [3.8, 4) is 11.1 Å². The summed E-state index contributed by atoms with van der Waals surface area (Å²) in [6, 6.07) is 13.0. The summed E-state index contributed by atoms with van der Waals surface area (Å²) in [5.41, 5.74) is 5.62. The van der Waals surface area contributed by atoms with Gasteiger partial charge in [-0.3, -0.25) is 9.36 Å². The van der Waals surface area contributed by atoms with Gasteiger partial charge in [-0.1, -0.05) is 30.3 Å². The van der Waals surface area contributed by atoms with Crippen LogP contribution < -0.4 is 16.0 Å². The van der Waals surface area contributed by atoms with E-state index in [2.05, 4.69) is 68.7 Å². The van der Waals surface area contributed by atoms with Crippen molar-refractivity contribution in [2.75, 3.05) is 23.7 Å². The zero-order chi connectivity index (χ0) is 21.9. The Morgan fingerprint density at radius 3 is 2.59 bits per heavy atom. The molecule has 0 radical (unpaired) electrons. The summed E-state index contributed by atoms with van der Waals surface area (Å²) in [6.07, 6.45) is 10.7. The maximum atomic E-state index is 4.71. The van der Waals surface area contributed by atoms with E-state index in [0.717, 1.165) is 42.1 Å². The molecule has 0 unspecified atom stereocenters. The van der Waals surface area contributed by atoms with Gasteiger partial charge >= 0.3 is 0 Å². The molecule has 0 aliphatic carbocycles. The van der Waals surface area contributed by atoms with Crippen molar-refractivity contribution >= 4 is 11.5 Å². The van der Waals surface area contributed by atoms with E-state index in [1.165, 1.54) is 11.1 Å². The maximum Gasteiger partial charge on any atom is 0.149 e. The van der Waals surface area contributed by atoms with Crippen LogP contribution in [0.25, 0.3) is 11.1 Å². The molecular weight excluding hydrogens is 400 g/mol. The summed E-state index contributed by atoms with van der Waals surface area (Å²) in [5.74, 6) is 0.879. The number of benzene rings is 1. The molecule has 1 aromatic carbocycles. The van der Waals surface area contributed by atoms with E-state index in [0.29, 0.717) is 0 Å². The summed E-state index contributed by atoms with van der Waals surface area (Å²) in [5, 5.41) is 19.5. The third kappa shape index (κ3) is 4.36. The Bertz CT molecular complexity index is 1180. The molecule has 32 heavy (non-hydrogen) atoms. The van der Waals surface area contributed by atoms with E-state index in [1.54, 1.807) is 4.68 Å². The predicted octanol–water partition coefficient (Wildman–Crippen LogP) is 3.00. The van der Waals surface area contributed by atoms with Gasteiger partial charge < -0.3 is 16.0 Å². The van der Waals surface area contributed by atoms with Crippen molar-refractivity contribution < 1.29 is 0 Å². The maximum absolute atomic E-state index is 4.71. The first-order valence-electron chi connectivity index (χ1n) is 10.9. The Morgan fingerprint density at radius 1 is 1.03 bits per heavy atom. The Morgan fingerprint density at radius 2 is 1.84 bits per heavy atom. The van der Waals surface area contributed by atoms with Crippen molar-refractivity contribution in [3.05, 3.63) is 78.5 Å². The molecule has 1 aliphatic rings. The van der Waals surface area contributed by atoms with Crippen LogP contribution in [0.5, 0.6) is 0 Å². The van der Waals surface area contributed by atoms with Crippen LogP contribution in [0.4, 0.5) is 11.5 Å². The number of hydrogen-bond acceptors (Lipinski definition) is 6. The molecule has 164 valence electrons. The molecule has 8 heteroatoms. The lowest BCUT2D eigenvalue weighted by Gasteiger charge is -2.34. The summed E-state index contributed by atoms with van der Waals surface area (Å²) >= 11 is 0. The average Bonchev–Trinajstić information content (AvgIpc) is 3.44. The number of fused-ring (bicyclic) bond motifs is 1. The second kappa shape index (κ2) is 8.84. The van der Waals surface area contributed by atoms with Crippen molar-refractivity contribution in [2.45, 2.75) is 18.5 Å². The highest BCUT2D eigenvalue weighted by Gasteiger charge is 2.27. The van der Waals surface area contributed by atoms with E-state index in [4.69, 9.17) is 4.98 Å². The predicted molar refractivity (Wildman–Crippen MR) is 126 cm³/mol. The van der Waals surface area contributed by atoms with E-state index >= 15 is 0 Å². The van der Waals surface area contributed by atoms with Crippen LogP contribution in [-0.2, 0) is 20.5 Å². The number of hydrogen-bond donors (Lipinski definition) is 3. The van der Waals surface area contributed by atoms with Gasteiger partial charge in [0.15, 0.2) is 0 Å². The van der Waals surface area contributed by atoms with Crippen LogP contribution in [0.2, 0.25) is 0 Å². The van der Waals surface area contributed by atoms with E-state index < -0.39 is 0 Å². The van der Waals surface area contributed by atoms with E-state index in [9.17, 15) is 0 Å². The minimum atomic E-state index is 0.147. The molecule has 0 saturated heterocycles. The quantitative estimate of drug-likeness (QED) is 0.420. The highest BCUT2D eigenvalue weighted by molar-refractivity contribution is 5.75. The number of anilines is 2. The van der Waals surface area contributed by atoms with Crippen molar-refractivity contribution in [3.63, 3.8) is 0 Å². The van der Waals surface area contributed by atoms with Crippen LogP contribution >= 0.6 is 0 Å². The van der Waals surface area contributed by atoms with E-state index in [1.807, 2.05) is 43.6 Å². The van der Waals surface area contributed by atoms with Crippen LogP contribution in [-0.4, -0.2) is 43.7 Å². The monoisotopic (exact) mass is 428 g/mol. The smallest absolute Gasteiger partial charge is 0.149 e. The van der Waals surface area contributed by atoms with Crippen LogP contribution in [0.1, 0.15) is 17.2 Å². The lowest BCUT2D eigenvalue weighted by atomic mass is 9.97. The summed E-state index contributed by atoms with van der Waals surface area (Å²) in [4.78, 5) is 4.71. The lowest BCUT2D eigenvalue weighted by molar-refractivity contribution is 0.472.